The molecular weight excluding hydrogens is 580 g/mol. The molecular formula is C32H27ClN8O3. The molecule has 11 nitrogen and oxygen atoms in total. The number of nitrogens with two attached hydrogens (primary N) is 1. The van der Waals surface area contributed by atoms with Crippen LogP contribution in [-0.2, 0) is 11.2 Å². The summed E-state index contributed by atoms with van der Waals surface area (Å²) in [5, 5.41) is 31.2. The molecule has 0 aliphatic carbocycles. The Balaban J connectivity index is 1.45. The third kappa shape index (κ3) is 7.21. The van der Waals surface area contributed by atoms with Gasteiger partial charge in [-0.25, -0.2) is 5.84 Å². The Morgan fingerprint density at radius 2 is 1.93 bits per heavy atom. The van der Waals surface area contributed by atoms with Gasteiger partial charge in [-0.05, 0) is 60.0 Å². The number of pyridine rings is 1. The van der Waals surface area contributed by atoms with Gasteiger partial charge in [-0.15, -0.1) is 5.10 Å². The number of carbonyl (C=O) groups excluding carboxylic acids is 1. The van der Waals surface area contributed by atoms with Crippen molar-refractivity contribution < 1.29 is 9.90 Å². The van der Waals surface area contributed by atoms with Crippen molar-refractivity contribution in [1.29, 1.82) is 0 Å². The molecule has 0 aliphatic heterocycles. The Hall–Kier alpha value is -5.65. The lowest BCUT2D eigenvalue weighted by Gasteiger charge is -2.18. The Kier molecular flexibility index (Phi) is 9.19. The first kappa shape index (κ1) is 29.8. The number of nitrogens with one attached hydrogen (secondary N) is 2. The summed E-state index contributed by atoms with van der Waals surface area (Å²) in [5.74, 6) is 5.56. The standard InChI is InChI=1S/C32H27ClN8O3/c1-35-37-19-41(34)29-11-9-24(33)14-22(29)8-12-31(43)39-27(13-20-5-3-2-4-6-20)28-16-23(18-36-40-28)21-7-10-26-25(15-21)30(42)17-32(44)38-26/h2-12,14-19,27H,1,13,34H2,(H,39,43)(H2,38,42,44)/b12-8+,37-19-/t27-/m0/s1. The van der Waals surface area contributed by atoms with Crippen molar-refractivity contribution in [2.24, 2.45) is 16.0 Å². The molecule has 0 saturated heterocycles. The summed E-state index contributed by atoms with van der Waals surface area (Å²) < 4.78 is 0. The first-order valence-electron chi connectivity index (χ1n) is 13.3. The monoisotopic (exact) mass is 606 g/mol. The summed E-state index contributed by atoms with van der Waals surface area (Å²) in [6.45, 7) is 3.30. The van der Waals surface area contributed by atoms with Crippen LogP contribution in [0, 0.1) is 0 Å². The van der Waals surface area contributed by atoms with E-state index < -0.39 is 11.6 Å². The number of aromatic nitrogens is 3. The second-order valence-corrected chi connectivity index (χ2v) is 10.2. The lowest BCUT2D eigenvalue weighted by Crippen LogP contribution is -2.30. The van der Waals surface area contributed by atoms with Crippen LogP contribution in [0.25, 0.3) is 28.1 Å². The molecule has 0 radical (unpaired) electrons. The van der Waals surface area contributed by atoms with E-state index in [1.54, 1.807) is 42.6 Å². The molecule has 5 N–H and O–H groups in total. The molecule has 220 valence electrons. The normalized spacial score (nSPS) is 12.0. The molecule has 2 aromatic heterocycles. The van der Waals surface area contributed by atoms with Gasteiger partial charge in [0.2, 0.25) is 5.91 Å². The van der Waals surface area contributed by atoms with Crippen molar-refractivity contribution in [3.63, 3.8) is 0 Å². The second-order valence-electron chi connectivity index (χ2n) is 9.72. The number of anilines is 1. The fourth-order valence-corrected chi connectivity index (χ4v) is 4.82. The minimum Gasteiger partial charge on any atom is -0.507 e. The van der Waals surface area contributed by atoms with E-state index in [1.165, 1.54) is 17.4 Å². The molecule has 2 heterocycles. The molecule has 5 rings (SSSR count). The van der Waals surface area contributed by atoms with Gasteiger partial charge in [0.1, 0.15) is 12.1 Å². The van der Waals surface area contributed by atoms with Gasteiger partial charge in [0.25, 0.3) is 5.56 Å². The van der Waals surface area contributed by atoms with Crippen molar-refractivity contribution in [1.82, 2.24) is 20.5 Å². The number of rotatable bonds is 10. The van der Waals surface area contributed by atoms with Crippen molar-refractivity contribution in [2.45, 2.75) is 12.5 Å². The number of fused-ring (bicyclic) bond motifs is 1. The topological polar surface area (TPSA) is 162 Å². The van der Waals surface area contributed by atoms with Gasteiger partial charge in [-0.1, -0.05) is 48.0 Å². The molecule has 1 amide bonds. The fraction of sp³-hybridized carbons (Fsp3) is 0.0625. The third-order valence-corrected chi connectivity index (χ3v) is 6.96. The fourth-order valence-electron chi connectivity index (χ4n) is 4.64. The summed E-state index contributed by atoms with van der Waals surface area (Å²) >= 11 is 6.21. The van der Waals surface area contributed by atoms with Gasteiger partial charge in [0.05, 0.1) is 29.1 Å². The number of halogens is 1. The minimum absolute atomic E-state index is 0.126. The molecule has 12 heteroatoms. The van der Waals surface area contributed by atoms with Gasteiger partial charge in [0.15, 0.2) is 0 Å². The summed E-state index contributed by atoms with van der Waals surface area (Å²) in [5.41, 5.74) is 4.21. The number of hydrogen-bond acceptors (Lipinski definition) is 8. The zero-order valence-corrected chi connectivity index (χ0v) is 24.0. The number of H-pyrrole nitrogens is 1. The average molecular weight is 607 g/mol. The lowest BCUT2D eigenvalue weighted by atomic mass is 9.99. The van der Waals surface area contributed by atoms with Crippen molar-refractivity contribution in [2.75, 3.05) is 5.01 Å². The number of benzene rings is 3. The van der Waals surface area contributed by atoms with Crippen LogP contribution in [0.2, 0.25) is 5.02 Å². The first-order chi connectivity index (χ1) is 21.3. The van der Waals surface area contributed by atoms with Crippen LogP contribution in [0.15, 0.2) is 106 Å². The number of aromatic hydroxyl groups is 1. The van der Waals surface area contributed by atoms with Crippen molar-refractivity contribution in [3.8, 4) is 16.9 Å². The molecule has 5 aromatic rings. The van der Waals surface area contributed by atoms with E-state index in [2.05, 4.69) is 37.4 Å². The van der Waals surface area contributed by atoms with Crippen LogP contribution in [0.4, 0.5) is 5.69 Å². The summed E-state index contributed by atoms with van der Waals surface area (Å²) in [7, 11) is 0. The van der Waals surface area contributed by atoms with Crippen LogP contribution in [0.3, 0.4) is 0 Å². The maximum absolute atomic E-state index is 13.3. The molecule has 0 fully saturated rings. The van der Waals surface area contributed by atoms with Gasteiger partial charge >= 0.3 is 0 Å². The van der Waals surface area contributed by atoms with Crippen molar-refractivity contribution >= 4 is 53.2 Å². The lowest BCUT2D eigenvalue weighted by molar-refractivity contribution is -0.117. The minimum atomic E-state index is -0.539. The number of nitrogens with zero attached hydrogens (tertiary/aromatic N) is 5. The van der Waals surface area contributed by atoms with E-state index in [9.17, 15) is 14.7 Å². The van der Waals surface area contributed by atoms with Crippen LogP contribution in [0.1, 0.15) is 22.9 Å². The van der Waals surface area contributed by atoms with Crippen LogP contribution < -0.4 is 21.7 Å². The van der Waals surface area contributed by atoms with Gasteiger partial charge in [-0.3, -0.25) is 14.6 Å². The number of amides is 1. The van der Waals surface area contributed by atoms with E-state index in [1.807, 2.05) is 42.5 Å². The molecule has 0 unspecified atom stereocenters. The summed E-state index contributed by atoms with van der Waals surface area (Å²) in [4.78, 5) is 27.7. The predicted octanol–water partition coefficient (Wildman–Crippen LogP) is 4.78. The molecule has 0 saturated carbocycles. The highest BCUT2D eigenvalue weighted by molar-refractivity contribution is 6.30. The summed E-state index contributed by atoms with van der Waals surface area (Å²) in [6.07, 6.45) is 6.31. The molecule has 3 aromatic carbocycles. The molecule has 1 atom stereocenters. The Morgan fingerprint density at radius 1 is 1.11 bits per heavy atom. The van der Waals surface area contributed by atoms with E-state index >= 15 is 0 Å². The van der Waals surface area contributed by atoms with Gasteiger partial charge in [-0.2, -0.15) is 15.3 Å². The Bertz CT molecular complexity index is 1940. The van der Waals surface area contributed by atoms with E-state index in [-0.39, 0.29) is 11.7 Å². The third-order valence-electron chi connectivity index (χ3n) is 6.72. The van der Waals surface area contributed by atoms with Crippen LogP contribution >= 0.6 is 11.6 Å². The number of hydrazine groups is 1. The second kappa shape index (κ2) is 13.6. The zero-order chi connectivity index (χ0) is 31.1. The van der Waals surface area contributed by atoms with Crippen LogP contribution in [0.5, 0.6) is 5.75 Å². The predicted molar refractivity (Wildman–Crippen MR) is 173 cm³/mol. The zero-order valence-electron chi connectivity index (χ0n) is 23.3. The highest BCUT2D eigenvalue weighted by Gasteiger charge is 2.18. The summed E-state index contributed by atoms with van der Waals surface area (Å²) in [6, 6.07) is 22.4. The van der Waals surface area contributed by atoms with Gasteiger partial charge < -0.3 is 15.4 Å². The van der Waals surface area contributed by atoms with Gasteiger partial charge in [0, 0.05) is 40.4 Å². The molecule has 0 aliphatic rings. The quantitative estimate of drug-likeness (QED) is 0.0584. The van der Waals surface area contributed by atoms with E-state index in [4.69, 9.17) is 17.4 Å². The Morgan fingerprint density at radius 3 is 2.73 bits per heavy atom. The Labute approximate surface area is 257 Å². The highest BCUT2D eigenvalue weighted by atomic mass is 35.5. The van der Waals surface area contributed by atoms with E-state index in [0.717, 1.165) is 17.2 Å². The maximum atomic E-state index is 13.3. The number of hydrogen-bond donors (Lipinski definition) is 4. The van der Waals surface area contributed by atoms with Crippen LogP contribution in [-0.4, -0.2) is 39.3 Å². The average Bonchev–Trinajstić information content (AvgIpc) is 3.02. The SMILES string of the molecule is C=N/N=C\N(N)c1ccc(Cl)cc1/C=C/C(=O)N[C@@H](Cc1ccccc1)c1cc(-c2ccc3[nH]c(=O)cc(O)c3c2)cnn1. The molecule has 0 spiro atoms. The number of carbonyl (C=O) groups is 1. The largest absolute Gasteiger partial charge is 0.507 e. The maximum Gasteiger partial charge on any atom is 0.252 e. The first-order valence-corrected chi connectivity index (χ1v) is 13.7. The molecule has 44 heavy (non-hydrogen) atoms. The highest BCUT2D eigenvalue weighted by Crippen LogP contribution is 2.29. The smallest absolute Gasteiger partial charge is 0.252 e. The number of aromatic amines is 1. The van der Waals surface area contributed by atoms with E-state index in [0.29, 0.717) is 44.9 Å². The van der Waals surface area contributed by atoms with Crippen molar-refractivity contribution in [3.05, 3.63) is 123 Å². The molecule has 0 bridgehead atoms.